The fourth-order valence-electron chi connectivity index (χ4n) is 1.72. The Labute approximate surface area is 130 Å². The van der Waals surface area contributed by atoms with E-state index in [9.17, 15) is 8.42 Å². The molecule has 7 heteroatoms. The summed E-state index contributed by atoms with van der Waals surface area (Å²) in [6.07, 6.45) is 0. The topological polar surface area (TPSA) is 63.4 Å². The Morgan fingerprint density at radius 1 is 1.25 bits per heavy atom. The first-order valence-corrected chi connectivity index (χ1v) is 8.52. The van der Waals surface area contributed by atoms with E-state index in [1.54, 1.807) is 25.2 Å². The van der Waals surface area contributed by atoms with Crippen molar-refractivity contribution in [3.05, 3.63) is 33.8 Å². The van der Waals surface area contributed by atoms with Gasteiger partial charge in [-0.3, -0.25) is 0 Å². The van der Waals surface area contributed by atoms with Gasteiger partial charge in [0.15, 0.2) is 0 Å². The van der Waals surface area contributed by atoms with Crippen LogP contribution in [0.15, 0.2) is 18.2 Å². The van der Waals surface area contributed by atoms with Gasteiger partial charge >= 0.3 is 0 Å². The average molecular weight is 339 g/mol. The zero-order chi connectivity index (χ0) is 15.6. The number of nitrogens with zero attached hydrogens (tertiary/aromatic N) is 1. The van der Waals surface area contributed by atoms with Crippen molar-refractivity contribution in [2.75, 3.05) is 20.1 Å². The molecular formula is C13H20Cl2N2O2S. The normalized spacial score (nSPS) is 12.9. The van der Waals surface area contributed by atoms with E-state index in [2.05, 4.69) is 0 Å². The van der Waals surface area contributed by atoms with E-state index in [-0.39, 0.29) is 11.2 Å². The Morgan fingerprint density at radius 3 is 2.35 bits per heavy atom. The second kappa shape index (κ2) is 6.62. The van der Waals surface area contributed by atoms with Crippen LogP contribution in [0.5, 0.6) is 0 Å². The van der Waals surface area contributed by atoms with E-state index < -0.39 is 10.0 Å². The molecule has 0 radical (unpaired) electrons. The van der Waals surface area contributed by atoms with Crippen molar-refractivity contribution in [3.63, 3.8) is 0 Å². The van der Waals surface area contributed by atoms with Gasteiger partial charge in [0.05, 0.1) is 15.8 Å². The Kier molecular flexibility index (Phi) is 5.87. The lowest BCUT2D eigenvalue weighted by molar-refractivity contribution is 0.291. The van der Waals surface area contributed by atoms with Crippen LogP contribution in [0.25, 0.3) is 0 Å². The maximum atomic E-state index is 12.3. The molecule has 0 saturated carbocycles. The summed E-state index contributed by atoms with van der Waals surface area (Å²) >= 11 is 11.7. The number of nitrogens with two attached hydrogens (primary N) is 1. The minimum atomic E-state index is -3.41. The molecule has 1 aromatic rings. The van der Waals surface area contributed by atoms with E-state index >= 15 is 0 Å². The van der Waals surface area contributed by atoms with Crippen LogP contribution in [0.4, 0.5) is 0 Å². The van der Waals surface area contributed by atoms with Gasteiger partial charge in [0.2, 0.25) is 10.0 Å². The summed E-state index contributed by atoms with van der Waals surface area (Å²) in [7, 11) is -1.85. The lowest BCUT2D eigenvalue weighted by Gasteiger charge is -2.28. The molecular weight excluding hydrogens is 319 g/mol. The van der Waals surface area contributed by atoms with Crippen LogP contribution in [0.3, 0.4) is 0 Å². The van der Waals surface area contributed by atoms with Crippen molar-refractivity contribution < 1.29 is 8.42 Å². The van der Waals surface area contributed by atoms with E-state index in [4.69, 9.17) is 28.9 Å². The van der Waals surface area contributed by atoms with Gasteiger partial charge in [-0.2, -0.15) is 0 Å². The number of benzene rings is 1. The first-order valence-electron chi connectivity index (χ1n) is 6.15. The van der Waals surface area contributed by atoms with E-state index in [1.165, 1.54) is 4.31 Å². The van der Waals surface area contributed by atoms with Crippen LogP contribution in [-0.4, -0.2) is 32.9 Å². The Morgan fingerprint density at radius 2 is 1.85 bits per heavy atom. The first kappa shape index (κ1) is 17.7. The van der Waals surface area contributed by atoms with Gasteiger partial charge in [-0.25, -0.2) is 12.7 Å². The fraction of sp³-hybridized carbons (Fsp3) is 0.538. The van der Waals surface area contributed by atoms with Crippen molar-refractivity contribution >= 4 is 33.2 Å². The molecule has 0 aromatic heterocycles. The van der Waals surface area contributed by atoms with E-state index in [1.807, 2.05) is 13.8 Å². The highest BCUT2D eigenvalue weighted by atomic mass is 35.5. The monoisotopic (exact) mass is 338 g/mol. The maximum absolute atomic E-state index is 12.3. The summed E-state index contributed by atoms with van der Waals surface area (Å²) in [4.78, 5) is 0. The SMILES string of the molecule is CN(CC(C)(C)CN)S(=O)(=O)Cc1ccc(Cl)c(Cl)c1. The fourth-order valence-corrected chi connectivity index (χ4v) is 3.40. The molecule has 20 heavy (non-hydrogen) atoms. The van der Waals surface area contributed by atoms with Gasteiger partial charge in [-0.15, -0.1) is 0 Å². The summed E-state index contributed by atoms with van der Waals surface area (Å²) in [5.74, 6) is -0.110. The van der Waals surface area contributed by atoms with E-state index in [0.29, 0.717) is 28.7 Å². The smallest absolute Gasteiger partial charge is 0.218 e. The van der Waals surface area contributed by atoms with Gasteiger partial charge in [0.25, 0.3) is 0 Å². The Bertz CT molecular complexity index is 574. The molecule has 0 aliphatic carbocycles. The quantitative estimate of drug-likeness (QED) is 0.867. The molecule has 0 atom stereocenters. The molecule has 0 heterocycles. The van der Waals surface area contributed by atoms with Gasteiger partial charge in [-0.1, -0.05) is 43.1 Å². The molecule has 0 aliphatic rings. The zero-order valence-corrected chi connectivity index (χ0v) is 14.2. The van der Waals surface area contributed by atoms with Gasteiger partial charge in [0.1, 0.15) is 0 Å². The molecule has 4 nitrogen and oxygen atoms in total. The minimum Gasteiger partial charge on any atom is -0.330 e. The third-order valence-electron chi connectivity index (χ3n) is 3.01. The Balaban J connectivity index is 2.86. The summed E-state index contributed by atoms with van der Waals surface area (Å²) < 4.78 is 25.9. The van der Waals surface area contributed by atoms with Crippen molar-refractivity contribution in [1.29, 1.82) is 0 Å². The summed E-state index contributed by atoms with van der Waals surface area (Å²) in [5.41, 5.74) is 5.98. The number of halogens is 2. The summed E-state index contributed by atoms with van der Waals surface area (Å²) in [6.45, 7) is 4.64. The third kappa shape index (κ3) is 4.90. The second-order valence-electron chi connectivity index (χ2n) is 5.63. The highest BCUT2D eigenvalue weighted by Crippen LogP contribution is 2.24. The molecule has 0 amide bonds. The number of hydrogen-bond acceptors (Lipinski definition) is 3. The second-order valence-corrected chi connectivity index (χ2v) is 8.52. The number of rotatable bonds is 6. The number of sulfonamides is 1. The van der Waals surface area contributed by atoms with Crippen LogP contribution in [-0.2, 0) is 15.8 Å². The molecule has 0 aliphatic heterocycles. The highest BCUT2D eigenvalue weighted by Gasteiger charge is 2.26. The third-order valence-corrected chi connectivity index (χ3v) is 5.53. The number of hydrogen-bond donors (Lipinski definition) is 1. The molecule has 0 spiro atoms. The molecule has 0 bridgehead atoms. The van der Waals surface area contributed by atoms with Crippen LogP contribution < -0.4 is 5.73 Å². The molecule has 0 unspecified atom stereocenters. The van der Waals surface area contributed by atoms with Gasteiger partial charge < -0.3 is 5.73 Å². The minimum absolute atomic E-state index is 0.110. The molecule has 1 aromatic carbocycles. The maximum Gasteiger partial charge on any atom is 0.218 e. The van der Waals surface area contributed by atoms with Crippen molar-refractivity contribution in [1.82, 2.24) is 4.31 Å². The predicted molar refractivity (Wildman–Crippen MR) is 84.6 cm³/mol. The zero-order valence-electron chi connectivity index (χ0n) is 11.9. The lowest BCUT2D eigenvalue weighted by atomic mass is 9.94. The highest BCUT2D eigenvalue weighted by molar-refractivity contribution is 7.88. The molecule has 2 N–H and O–H groups in total. The molecule has 0 saturated heterocycles. The average Bonchev–Trinajstić information content (AvgIpc) is 2.33. The van der Waals surface area contributed by atoms with Crippen molar-refractivity contribution in [3.8, 4) is 0 Å². The molecule has 0 fully saturated rings. The van der Waals surface area contributed by atoms with Crippen LogP contribution in [0.2, 0.25) is 10.0 Å². The van der Waals surface area contributed by atoms with Gasteiger partial charge in [0, 0.05) is 13.6 Å². The molecule has 1 rings (SSSR count). The lowest BCUT2D eigenvalue weighted by Crippen LogP contribution is -2.40. The van der Waals surface area contributed by atoms with Crippen LogP contribution in [0, 0.1) is 5.41 Å². The summed E-state index contributed by atoms with van der Waals surface area (Å²) in [5, 5.41) is 0.759. The molecule has 114 valence electrons. The Hall–Kier alpha value is -0.330. The van der Waals surface area contributed by atoms with Crippen LogP contribution in [0.1, 0.15) is 19.4 Å². The summed E-state index contributed by atoms with van der Waals surface area (Å²) in [6, 6.07) is 4.83. The standard InChI is InChI=1S/C13H20Cl2N2O2S/c1-13(2,8-16)9-17(3)20(18,19)7-10-4-5-11(14)12(15)6-10/h4-6H,7-9,16H2,1-3H3. The van der Waals surface area contributed by atoms with Crippen molar-refractivity contribution in [2.45, 2.75) is 19.6 Å². The van der Waals surface area contributed by atoms with Gasteiger partial charge in [-0.05, 0) is 29.7 Å². The van der Waals surface area contributed by atoms with Crippen LogP contribution >= 0.6 is 23.2 Å². The predicted octanol–water partition coefficient (Wildman–Crippen LogP) is 2.74. The largest absolute Gasteiger partial charge is 0.330 e. The van der Waals surface area contributed by atoms with Crippen molar-refractivity contribution in [2.24, 2.45) is 11.1 Å². The van der Waals surface area contributed by atoms with E-state index in [0.717, 1.165) is 0 Å². The first-order chi connectivity index (χ1) is 9.07.